The number of amides is 2. The van der Waals surface area contributed by atoms with Gasteiger partial charge in [-0.1, -0.05) is 18.2 Å². The second-order valence-electron chi connectivity index (χ2n) is 7.39. The molecule has 1 aliphatic rings. The van der Waals surface area contributed by atoms with E-state index in [0.717, 1.165) is 41.7 Å². The molecule has 30 heavy (non-hydrogen) atoms. The number of nitrogens with zero attached hydrogens (tertiary/aromatic N) is 3. The van der Waals surface area contributed by atoms with Crippen molar-refractivity contribution in [1.82, 2.24) is 9.78 Å². The molecule has 8 nitrogen and oxygen atoms in total. The summed E-state index contributed by atoms with van der Waals surface area (Å²) in [6.07, 6.45) is 4.88. The molecule has 1 aromatic heterocycles. The zero-order chi connectivity index (χ0) is 21.1. The van der Waals surface area contributed by atoms with Crippen molar-refractivity contribution in [2.45, 2.75) is 25.8 Å². The number of aromatic nitrogens is 2. The number of rotatable bonds is 5. The molecule has 2 heterocycles. The van der Waals surface area contributed by atoms with Gasteiger partial charge < -0.3 is 16.0 Å². The van der Waals surface area contributed by atoms with E-state index in [0.29, 0.717) is 16.6 Å². The quantitative estimate of drug-likeness (QED) is 0.676. The largest absolute Gasteiger partial charge is 0.370 e. The maximum atomic E-state index is 12.7. The molecule has 3 N–H and O–H groups in total. The molecule has 0 spiro atoms. The minimum Gasteiger partial charge on any atom is -0.370 e. The first-order valence-electron chi connectivity index (χ1n) is 9.96. The van der Waals surface area contributed by atoms with E-state index in [1.807, 2.05) is 12.1 Å². The van der Waals surface area contributed by atoms with Gasteiger partial charge in [0.25, 0.3) is 5.56 Å². The van der Waals surface area contributed by atoms with Crippen LogP contribution in [0, 0.1) is 0 Å². The third kappa shape index (κ3) is 4.03. The van der Waals surface area contributed by atoms with Gasteiger partial charge in [0, 0.05) is 24.0 Å². The van der Waals surface area contributed by atoms with Crippen molar-refractivity contribution in [1.29, 1.82) is 0 Å². The zero-order valence-corrected chi connectivity index (χ0v) is 16.5. The molecule has 0 saturated carbocycles. The van der Waals surface area contributed by atoms with Gasteiger partial charge in [-0.15, -0.1) is 0 Å². The molecule has 154 valence electrons. The molecule has 1 aliphatic heterocycles. The Kier molecular flexibility index (Phi) is 5.47. The summed E-state index contributed by atoms with van der Waals surface area (Å²) >= 11 is 0. The predicted octanol–water partition coefficient (Wildman–Crippen LogP) is 2.12. The van der Waals surface area contributed by atoms with E-state index in [1.165, 1.54) is 6.42 Å². The van der Waals surface area contributed by atoms with Gasteiger partial charge in [0.2, 0.25) is 11.8 Å². The number of hydrogen-bond acceptors (Lipinski definition) is 5. The molecule has 2 aromatic carbocycles. The number of nitrogens with one attached hydrogen (secondary N) is 1. The average molecular weight is 405 g/mol. The Morgan fingerprint density at radius 3 is 2.60 bits per heavy atom. The summed E-state index contributed by atoms with van der Waals surface area (Å²) in [6, 6.07) is 12.2. The Balaban J connectivity index is 1.60. The Morgan fingerprint density at radius 2 is 1.83 bits per heavy atom. The van der Waals surface area contributed by atoms with E-state index in [1.54, 1.807) is 36.5 Å². The van der Waals surface area contributed by atoms with Crippen LogP contribution in [0.4, 0.5) is 11.4 Å². The van der Waals surface area contributed by atoms with Crippen molar-refractivity contribution >= 4 is 34.0 Å². The topological polar surface area (TPSA) is 110 Å². The van der Waals surface area contributed by atoms with Crippen LogP contribution in [-0.4, -0.2) is 34.7 Å². The molecule has 8 heteroatoms. The number of anilines is 2. The first-order valence-corrected chi connectivity index (χ1v) is 9.96. The second kappa shape index (κ2) is 8.36. The number of nitrogens with two attached hydrogens (primary N) is 1. The highest BCUT2D eigenvalue weighted by atomic mass is 16.2. The molecule has 2 amide bonds. The molecule has 0 radical (unpaired) electrons. The summed E-state index contributed by atoms with van der Waals surface area (Å²) in [4.78, 5) is 39.2. The molecule has 1 saturated heterocycles. The summed E-state index contributed by atoms with van der Waals surface area (Å²) < 4.78 is 1.14. The fourth-order valence-electron chi connectivity index (χ4n) is 3.77. The number of carbonyl (C=O) groups excluding carboxylic acids is 2. The maximum absolute atomic E-state index is 12.7. The number of benzene rings is 2. The highest BCUT2D eigenvalue weighted by Gasteiger charge is 2.18. The van der Waals surface area contributed by atoms with E-state index in [9.17, 15) is 14.4 Å². The summed E-state index contributed by atoms with van der Waals surface area (Å²) in [6.45, 7) is 1.53. The Morgan fingerprint density at radius 1 is 1.07 bits per heavy atom. The lowest BCUT2D eigenvalue weighted by Gasteiger charge is -2.30. The molecule has 3 aromatic rings. The minimum absolute atomic E-state index is 0.232. The van der Waals surface area contributed by atoms with Crippen molar-refractivity contribution in [3.8, 4) is 0 Å². The summed E-state index contributed by atoms with van der Waals surface area (Å²) in [5, 5.41) is 8.17. The Hall–Kier alpha value is -3.68. The fraction of sp³-hybridized carbons (Fsp3) is 0.273. The van der Waals surface area contributed by atoms with Crippen molar-refractivity contribution in [3.05, 3.63) is 64.6 Å². The van der Waals surface area contributed by atoms with Crippen molar-refractivity contribution in [3.63, 3.8) is 0 Å². The first kappa shape index (κ1) is 19.6. The molecule has 0 bridgehead atoms. The van der Waals surface area contributed by atoms with Gasteiger partial charge in [0.1, 0.15) is 6.54 Å². The average Bonchev–Trinajstić information content (AvgIpc) is 2.76. The molecule has 4 rings (SSSR count). The first-order chi connectivity index (χ1) is 14.5. The SMILES string of the molecule is NC(=O)c1ccc(N2CCCCC2)c(NC(=O)Cn2ncc3ccccc3c2=O)c1. The van der Waals surface area contributed by atoms with Crippen LogP contribution in [0.1, 0.15) is 29.6 Å². The van der Waals surface area contributed by atoms with Crippen LogP contribution < -0.4 is 21.5 Å². The summed E-state index contributed by atoms with van der Waals surface area (Å²) in [5.74, 6) is -0.970. The molecule has 1 fully saturated rings. The van der Waals surface area contributed by atoms with E-state index in [4.69, 9.17) is 5.73 Å². The van der Waals surface area contributed by atoms with E-state index < -0.39 is 11.8 Å². The van der Waals surface area contributed by atoms with Crippen LogP contribution in [0.3, 0.4) is 0 Å². The third-order valence-electron chi connectivity index (χ3n) is 5.31. The van der Waals surface area contributed by atoms with Crippen LogP contribution in [-0.2, 0) is 11.3 Å². The number of piperidine rings is 1. The molecule has 0 unspecified atom stereocenters. The Labute approximate surface area is 173 Å². The van der Waals surface area contributed by atoms with E-state index >= 15 is 0 Å². The van der Waals surface area contributed by atoms with E-state index in [2.05, 4.69) is 15.3 Å². The minimum atomic E-state index is -0.567. The van der Waals surface area contributed by atoms with Gasteiger partial charge in [-0.25, -0.2) is 4.68 Å². The second-order valence-corrected chi connectivity index (χ2v) is 7.39. The molecule has 0 aliphatic carbocycles. The van der Waals surface area contributed by atoms with Gasteiger partial charge in [-0.2, -0.15) is 5.10 Å². The lowest BCUT2D eigenvalue weighted by Crippen LogP contribution is -2.32. The fourth-order valence-corrected chi connectivity index (χ4v) is 3.77. The van der Waals surface area contributed by atoms with Crippen molar-refractivity contribution in [2.24, 2.45) is 5.73 Å². The lowest BCUT2D eigenvalue weighted by molar-refractivity contribution is -0.117. The van der Waals surface area contributed by atoms with Gasteiger partial charge in [0.05, 0.1) is 23.0 Å². The summed E-state index contributed by atoms with van der Waals surface area (Å²) in [7, 11) is 0. The monoisotopic (exact) mass is 405 g/mol. The van der Waals surface area contributed by atoms with Crippen LogP contribution >= 0.6 is 0 Å². The number of hydrogen-bond donors (Lipinski definition) is 2. The third-order valence-corrected chi connectivity index (χ3v) is 5.31. The highest BCUT2D eigenvalue weighted by molar-refractivity contribution is 5.99. The standard InChI is InChI=1S/C22H23N5O3/c23-21(29)15-8-9-19(26-10-4-1-5-11-26)18(12-15)25-20(28)14-27-22(30)17-7-3-2-6-16(17)13-24-27/h2-3,6-9,12-13H,1,4-5,10-11,14H2,(H2,23,29)(H,25,28). The molecular formula is C22H23N5O3. The van der Waals surface area contributed by atoms with Gasteiger partial charge in [-0.05, 0) is 43.5 Å². The van der Waals surface area contributed by atoms with Crippen LogP contribution in [0.5, 0.6) is 0 Å². The van der Waals surface area contributed by atoms with Gasteiger partial charge >= 0.3 is 0 Å². The van der Waals surface area contributed by atoms with Gasteiger partial charge in [0.15, 0.2) is 0 Å². The predicted molar refractivity (Wildman–Crippen MR) is 116 cm³/mol. The van der Waals surface area contributed by atoms with Crippen LogP contribution in [0.2, 0.25) is 0 Å². The van der Waals surface area contributed by atoms with Crippen molar-refractivity contribution < 1.29 is 9.59 Å². The lowest BCUT2D eigenvalue weighted by atomic mass is 10.1. The number of primary amides is 1. The van der Waals surface area contributed by atoms with Crippen LogP contribution in [0.25, 0.3) is 10.8 Å². The van der Waals surface area contributed by atoms with E-state index in [-0.39, 0.29) is 12.1 Å². The van der Waals surface area contributed by atoms with Crippen molar-refractivity contribution in [2.75, 3.05) is 23.3 Å². The number of fused-ring (bicyclic) bond motifs is 1. The van der Waals surface area contributed by atoms with Gasteiger partial charge in [-0.3, -0.25) is 14.4 Å². The number of carbonyl (C=O) groups is 2. The van der Waals surface area contributed by atoms with Crippen LogP contribution in [0.15, 0.2) is 53.5 Å². The Bertz CT molecular complexity index is 1160. The smallest absolute Gasteiger partial charge is 0.275 e. The summed E-state index contributed by atoms with van der Waals surface area (Å²) in [5.41, 5.74) is 6.75. The molecule has 0 atom stereocenters. The highest BCUT2D eigenvalue weighted by Crippen LogP contribution is 2.29. The maximum Gasteiger partial charge on any atom is 0.275 e. The zero-order valence-electron chi connectivity index (χ0n) is 16.5. The normalized spacial score (nSPS) is 13.9. The molecular weight excluding hydrogens is 382 g/mol.